The summed E-state index contributed by atoms with van der Waals surface area (Å²) < 4.78 is 0. The van der Waals surface area contributed by atoms with Crippen LogP contribution in [0.1, 0.15) is 98.8 Å². The van der Waals surface area contributed by atoms with Gasteiger partial charge in [-0.15, -0.1) is 0 Å². The van der Waals surface area contributed by atoms with E-state index in [-0.39, 0.29) is 22.9 Å². The van der Waals surface area contributed by atoms with E-state index in [1.807, 2.05) is 6.92 Å². The van der Waals surface area contributed by atoms with Crippen molar-refractivity contribution in [1.29, 1.82) is 0 Å². The molecule has 0 amide bonds. The molecule has 0 aromatic heterocycles. The van der Waals surface area contributed by atoms with Crippen LogP contribution in [-0.2, 0) is 0 Å². The van der Waals surface area contributed by atoms with Crippen LogP contribution in [0, 0.1) is 40.4 Å². The number of rotatable bonds is 5. The van der Waals surface area contributed by atoms with E-state index in [2.05, 4.69) is 33.8 Å². The fourth-order valence-electron chi connectivity index (χ4n) is 8.62. The second-order valence-corrected chi connectivity index (χ2v) is 12.5. The highest BCUT2D eigenvalue weighted by Gasteiger charge is 2.62. The zero-order valence-corrected chi connectivity index (χ0v) is 20.0. The monoisotopic (exact) mass is 418 g/mol. The van der Waals surface area contributed by atoms with Gasteiger partial charge in [-0.3, -0.25) is 0 Å². The van der Waals surface area contributed by atoms with Crippen LogP contribution in [0.2, 0.25) is 0 Å². The molecule has 0 spiro atoms. The van der Waals surface area contributed by atoms with Crippen molar-refractivity contribution in [3.63, 3.8) is 0 Å². The average molecular weight is 419 g/mol. The molecule has 9 atom stereocenters. The highest BCUT2D eigenvalue weighted by Crippen LogP contribution is 2.67. The third-order valence-electron chi connectivity index (χ3n) is 10.5. The van der Waals surface area contributed by atoms with Gasteiger partial charge in [-0.1, -0.05) is 39.3 Å². The summed E-state index contributed by atoms with van der Waals surface area (Å²) in [5, 5.41) is 32.7. The lowest BCUT2D eigenvalue weighted by Gasteiger charge is -2.59. The predicted molar refractivity (Wildman–Crippen MR) is 122 cm³/mol. The molecule has 172 valence electrons. The van der Waals surface area contributed by atoms with E-state index in [0.29, 0.717) is 24.2 Å². The predicted octanol–water partition coefficient (Wildman–Crippen LogP) is 5.47. The van der Waals surface area contributed by atoms with Gasteiger partial charge in [0.15, 0.2) is 0 Å². The number of aliphatic hydroxyl groups excluding tert-OH is 2. The molecule has 3 heteroatoms. The molecule has 0 aromatic rings. The molecule has 3 N–H and O–H groups in total. The van der Waals surface area contributed by atoms with Gasteiger partial charge in [-0.05, 0) is 112 Å². The Morgan fingerprint density at radius 1 is 1.07 bits per heavy atom. The molecule has 4 rings (SSSR count). The minimum atomic E-state index is -1.00. The molecule has 0 radical (unpaired) electrons. The molecule has 3 nitrogen and oxygen atoms in total. The van der Waals surface area contributed by atoms with Gasteiger partial charge in [0.25, 0.3) is 0 Å². The van der Waals surface area contributed by atoms with Crippen molar-refractivity contribution in [2.45, 2.75) is 117 Å². The highest BCUT2D eigenvalue weighted by atomic mass is 16.3. The first-order valence-corrected chi connectivity index (χ1v) is 12.8. The van der Waals surface area contributed by atoms with Gasteiger partial charge in [0.05, 0.1) is 17.8 Å². The topological polar surface area (TPSA) is 60.7 Å². The summed E-state index contributed by atoms with van der Waals surface area (Å²) in [5.41, 5.74) is 0.914. The van der Waals surface area contributed by atoms with Gasteiger partial charge in [0.2, 0.25) is 0 Å². The maximum Gasteiger partial charge on any atom is 0.0910 e. The van der Waals surface area contributed by atoms with Crippen molar-refractivity contribution in [3.05, 3.63) is 11.6 Å². The summed E-state index contributed by atoms with van der Waals surface area (Å²) >= 11 is 0. The van der Waals surface area contributed by atoms with Crippen LogP contribution in [0.25, 0.3) is 0 Å². The summed E-state index contributed by atoms with van der Waals surface area (Å²) in [6.45, 7) is 11.2. The SMILES string of the molecule is CC(C)CC[C@H](O)[C@@](C)(O)[C@H]1CC[C@H]2[C@@H]3CC=C4C[C@@H](O)CC[C@]4(C)[C@H]3CC[C@]12C. The van der Waals surface area contributed by atoms with Crippen molar-refractivity contribution in [1.82, 2.24) is 0 Å². The molecule has 3 saturated carbocycles. The second-order valence-electron chi connectivity index (χ2n) is 12.5. The minimum absolute atomic E-state index is 0.124. The summed E-state index contributed by atoms with van der Waals surface area (Å²) in [5.74, 6) is 2.80. The van der Waals surface area contributed by atoms with E-state index in [1.165, 1.54) is 24.8 Å². The molecular weight excluding hydrogens is 372 g/mol. The Bertz CT molecular complexity index is 667. The van der Waals surface area contributed by atoms with E-state index < -0.39 is 11.7 Å². The second kappa shape index (κ2) is 7.89. The molecule has 0 heterocycles. The molecule has 0 saturated heterocycles. The van der Waals surface area contributed by atoms with Crippen molar-refractivity contribution in [2.75, 3.05) is 0 Å². The first-order chi connectivity index (χ1) is 14.0. The Morgan fingerprint density at radius 3 is 2.50 bits per heavy atom. The quantitative estimate of drug-likeness (QED) is 0.519. The van der Waals surface area contributed by atoms with Gasteiger partial charge in [-0.25, -0.2) is 0 Å². The van der Waals surface area contributed by atoms with E-state index in [0.717, 1.165) is 44.4 Å². The number of hydrogen-bond donors (Lipinski definition) is 3. The van der Waals surface area contributed by atoms with Crippen LogP contribution in [0.3, 0.4) is 0 Å². The lowest BCUT2D eigenvalue weighted by atomic mass is 9.46. The average Bonchev–Trinajstić information content (AvgIpc) is 3.04. The molecular formula is C27H46O3. The van der Waals surface area contributed by atoms with E-state index in [4.69, 9.17) is 0 Å². The largest absolute Gasteiger partial charge is 0.393 e. The smallest absolute Gasteiger partial charge is 0.0910 e. The van der Waals surface area contributed by atoms with E-state index in [1.54, 1.807) is 0 Å². The van der Waals surface area contributed by atoms with Crippen LogP contribution in [-0.4, -0.2) is 33.1 Å². The normalized spacial score (nSPS) is 46.4. The zero-order chi connectivity index (χ0) is 21.9. The van der Waals surface area contributed by atoms with E-state index in [9.17, 15) is 15.3 Å². The van der Waals surface area contributed by atoms with Crippen molar-refractivity contribution >= 4 is 0 Å². The number of hydrogen-bond acceptors (Lipinski definition) is 3. The lowest BCUT2D eigenvalue weighted by molar-refractivity contribution is -0.151. The lowest BCUT2D eigenvalue weighted by Crippen LogP contribution is -2.55. The fraction of sp³-hybridized carbons (Fsp3) is 0.926. The summed E-state index contributed by atoms with van der Waals surface area (Å²) in [6, 6.07) is 0. The molecule has 0 aliphatic heterocycles. The first kappa shape index (κ1) is 22.8. The third-order valence-corrected chi connectivity index (χ3v) is 10.5. The zero-order valence-electron chi connectivity index (χ0n) is 20.0. The van der Waals surface area contributed by atoms with Crippen molar-refractivity contribution in [2.24, 2.45) is 40.4 Å². The fourth-order valence-corrected chi connectivity index (χ4v) is 8.62. The molecule has 4 aliphatic rings. The Morgan fingerprint density at radius 2 is 1.80 bits per heavy atom. The molecule has 3 fully saturated rings. The molecule has 4 aliphatic carbocycles. The maximum atomic E-state index is 11.6. The van der Waals surface area contributed by atoms with Gasteiger partial charge in [0, 0.05) is 0 Å². The van der Waals surface area contributed by atoms with Gasteiger partial charge < -0.3 is 15.3 Å². The Hall–Kier alpha value is -0.380. The van der Waals surface area contributed by atoms with Crippen LogP contribution in [0.5, 0.6) is 0 Å². The van der Waals surface area contributed by atoms with Gasteiger partial charge in [-0.2, -0.15) is 0 Å². The molecule has 0 unspecified atom stereocenters. The van der Waals surface area contributed by atoms with Crippen LogP contribution < -0.4 is 0 Å². The van der Waals surface area contributed by atoms with Crippen LogP contribution in [0.4, 0.5) is 0 Å². The van der Waals surface area contributed by atoms with Crippen LogP contribution >= 0.6 is 0 Å². The molecule has 30 heavy (non-hydrogen) atoms. The molecule has 0 bridgehead atoms. The Balaban J connectivity index is 1.55. The molecule has 0 aromatic carbocycles. The van der Waals surface area contributed by atoms with E-state index >= 15 is 0 Å². The Kier molecular flexibility index (Phi) is 5.99. The first-order valence-electron chi connectivity index (χ1n) is 12.8. The van der Waals surface area contributed by atoms with Crippen molar-refractivity contribution < 1.29 is 15.3 Å². The highest BCUT2D eigenvalue weighted by molar-refractivity contribution is 5.25. The van der Waals surface area contributed by atoms with Crippen LogP contribution in [0.15, 0.2) is 11.6 Å². The number of aliphatic hydroxyl groups is 3. The maximum absolute atomic E-state index is 11.6. The van der Waals surface area contributed by atoms with Crippen molar-refractivity contribution in [3.8, 4) is 0 Å². The summed E-state index contributed by atoms with van der Waals surface area (Å²) in [6.07, 6.45) is 12.1. The standard InChI is InChI=1S/C27H46O3/c1-17(2)6-11-24(29)27(5,30)23-10-9-21-20-8-7-18-16-19(28)12-14-25(18,3)22(20)13-15-26(21,23)4/h7,17,19-24,28-30H,6,8-16H2,1-5H3/t19-,20-,21-,22-,23-,24-,25-,26-,27-/m0/s1. The summed E-state index contributed by atoms with van der Waals surface area (Å²) in [4.78, 5) is 0. The number of fused-ring (bicyclic) bond motifs is 5. The minimum Gasteiger partial charge on any atom is -0.393 e. The number of allylic oxidation sites excluding steroid dienone is 1. The Labute approximate surface area is 184 Å². The van der Waals surface area contributed by atoms with Gasteiger partial charge in [0.1, 0.15) is 0 Å². The summed E-state index contributed by atoms with van der Waals surface area (Å²) in [7, 11) is 0. The van der Waals surface area contributed by atoms with Gasteiger partial charge >= 0.3 is 0 Å². The third kappa shape index (κ3) is 3.52.